The van der Waals surface area contributed by atoms with Crippen molar-refractivity contribution in [3.8, 4) is 0 Å². The number of hydrogen-bond acceptors (Lipinski definition) is 4. The third-order valence-electron chi connectivity index (χ3n) is 4.07. The molecule has 7 nitrogen and oxygen atoms in total. The Morgan fingerprint density at radius 2 is 1.89 bits per heavy atom. The number of aromatic amines is 1. The highest BCUT2D eigenvalue weighted by atomic mass is 19.4. The zero-order valence-corrected chi connectivity index (χ0v) is 14.6. The summed E-state index contributed by atoms with van der Waals surface area (Å²) in [7, 11) is 0. The Morgan fingerprint density at radius 3 is 2.43 bits per heavy atom. The number of alkyl halides is 3. The topological polar surface area (TPSA) is 111 Å². The van der Waals surface area contributed by atoms with E-state index in [1.54, 1.807) is 6.07 Å². The van der Waals surface area contributed by atoms with Gasteiger partial charge in [0.2, 0.25) is 5.56 Å². The van der Waals surface area contributed by atoms with Gasteiger partial charge in [-0.25, -0.2) is 9.18 Å². The average molecular weight is 403 g/mol. The molecule has 1 fully saturated rings. The van der Waals surface area contributed by atoms with E-state index in [2.05, 4.69) is 15.6 Å². The molecule has 0 aliphatic carbocycles. The van der Waals surface area contributed by atoms with Crippen LogP contribution in [-0.2, 0) is 4.79 Å². The first-order valence-electron chi connectivity index (χ1n) is 8.07. The maximum Gasteiger partial charge on any atom is 0.490 e. The lowest BCUT2D eigenvalue weighted by molar-refractivity contribution is -0.192. The molecule has 0 spiro atoms. The van der Waals surface area contributed by atoms with Crippen LogP contribution in [0.15, 0.2) is 29.1 Å². The minimum absolute atomic E-state index is 0.118. The summed E-state index contributed by atoms with van der Waals surface area (Å²) in [5.74, 6) is -3.68. The fourth-order valence-electron chi connectivity index (χ4n) is 2.62. The number of hydrogen-bond donors (Lipinski definition) is 4. The molecular weight excluding hydrogens is 386 g/mol. The van der Waals surface area contributed by atoms with Crippen LogP contribution < -0.4 is 16.2 Å². The standard InChI is InChI=1S/C15H16FN3O2.C2HF3O2/c1-15(4-5-17-8-15)19-14(21)10-6-9-2-3-12(20)18-13(9)11(16)7-10;3-2(4,5)1(6)7/h2-3,6-7,17H,4-5,8H2,1H3,(H,18,20)(H,19,21);(H,6,7). The van der Waals surface area contributed by atoms with E-state index >= 15 is 0 Å². The van der Waals surface area contributed by atoms with Crippen LogP contribution in [0.1, 0.15) is 23.7 Å². The number of carboxylic acid groups (broad SMARTS) is 1. The molecule has 1 unspecified atom stereocenters. The first kappa shape index (κ1) is 21.4. The van der Waals surface area contributed by atoms with Crippen molar-refractivity contribution in [3.05, 3.63) is 46.0 Å². The number of carbonyl (C=O) groups is 2. The summed E-state index contributed by atoms with van der Waals surface area (Å²) in [6.45, 7) is 3.51. The summed E-state index contributed by atoms with van der Waals surface area (Å²) in [6, 6.07) is 5.55. The second kappa shape index (κ2) is 7.97. The number of aliphatic carboxylic acids is 1. The summed E-state index contributed by atoms with van der Waals surface area (Å²) < 4.78 is 45.8. The van der Waals surface area contributed by atoms with Crippen molar-refractivity contribution in [2.75, 3.05) is 13.1 Å². The second-order valence-electron chi connectivity index (χ2n) is 6.49. The van der Waals surface area contributed by atoms with Gasteiger partial charge in [-0.05, 0) is 38.1 Å². The highest BCUT2D eigenvalue weighted by Crippen LogP contribution is 2.19. The van der Waals surface area contributed by atoms with Crippen molar-refractivity contribution in [3.63, 3.8) is 0 Å². The van der Waals surface area contributed by atoms with Crippen molar-refractivity contribution in [2.45, 2.75) is 25.1 Å². The van der Waals surface area contributed by atoms with Gasteiger partial charge in [0.05, 0.1) is 11.1 Å². The van der Waals surface area contributed by atoms with Crippen LogP contribution in [0.5, 0.6) is 0 Å². The van der Waals surface area contributed by atoms with E-state index in [1.165, 1.54) is 12.1 Å². The summed E-state index contributed by atoms with van der Waals surface area (Å²) in [5.41, 5.74) is -0.316. The Kier molecular flexibility index (Phi) is 6.07. The van der Waals surface area contributed by atoms with E-state index in [0.29, 0.717) is 11.9 Å². The lowest BCUT2D eigenvalue weighted by atomic mass is 10.0. The number of benzene rings is 1. The molecule has 1 aromatic heterocycles. The van der Waals surface area contributed by atoms with E-state index in [-0.39, 0.29) is 28.1 Å². The fraction of sp³-hybridized carbons (Fsp3) is 0.353. The number of H-pyrrole nitrogens is 1. The van der Waals surface area contributed by atoms with Crippen molar-refractivity contribution < 1.29 is 32.3 Å². The largest absolute Gasteiger partial charge is 0.490 e. The molecular formula is C17H17F4N3O4. The van der Waals surface area contributed by atoms with Gasteiger partial charge in [0.25, 0.3) is 5.91 Å². The van der Waals surface area contributed by atoms with Crippen LogP contribution in [0.3, 0.4) is 0 Å². The molecule has 1 atom stereocenters. The Bertz CT molecular complexity index is 950. The smallest absolute Gasteiger partial charge is 0.475 e. The predicted molar refractivity (Wildman–Crippen MR) is 91.6 cm³/mol. The molecule has 1 amide bonds. The van der Waals surface area contributed by atoms with Gasteiger partial charge in [-0.3, -0.25) is 9.59 Å². The molecule has 3 rings (SSSR count). The maximum absolute atomic E-state index is 14.0. The molecule has 28 heavy (non-hydrogen) atoms. The van der Waals surface area contributed by atoms with Gasteiger partial charge in [0.1, 0.15) is 5.82 Å². The molecule has 1 aliphatic heterocycles. The van der Waals surface area contributed by atoms with Crippen LogP contribution >= 0.6 is 0 Å². The summed E-state index contributed by atoms with van der Waals surface area (Å²) in [4.78, 5) is 34.8. The minimum atomic E-state index is -5.08. The van der Waals surface area contributed by atoms with Crippen molar-refractivity contribution >= 4 is 22.8 Å². The number of amides is 1. The molecule has 2 heterocycles. The Morgan fingerprint density at radius 1 is 1.25 bits per heavy atom. The minimum Gasteiger partial charge on any atom is -0.475 e. The number of aromatic nitrogens is 1. The molecule has 0 radical (unpaired) electrons. The Balaban J connectivity index is 0.000000345. The van der Waals surface area contributed by atoms with Crippen LogP contribution in [-0.4, -0.2) is 46.8 Å². The number of fused-ring (bicyclic) bond motifs is 1. The zero-order chi connectivity index (χ0) is 21.1. The van der Waals surface area contributed by atoms with E-state index in [4.69, 9.17) is 9.90 Å². The average Bonchev–Trinajstić information content (AvgIpc) is 3.01. The molecule has 11 heteroatoms. The highest BCUT2D eigenvalue weighted by molar-refractivity contribution is 5.98. The Hall–Kier alpha value is -2.95. The van der Waals surface area contributed by atoms with Gasteiger partial charge in [0, 0.05) is 23.6 Å². The van der Waals surface area contributed by atoms with Gasteiger partial charge in [-0.15, -0.1) is 0 Å². The summed E-state index contributed by atoms with van der Waals surface area (Å²) >= 11 is 0. The molecule has 4 N–H and O–H groups in total. The van der Waals surface area contributed by atoms with Crippen molar-refractivity contribution in [1.82, 2.24) is 15.6 Å². The Labute approximate surface area is 155 Å². The predicted octanol–water partition coefficient (Wildman–Crippen LogP) is 1.78. The molecule has 1 aliphatic rings. The van der Waals surface area contributed by atoms with Gasteiger partial charge in [-0.2, -0.15) is 13.2 Å². The first-order valence-corrected chi connectivity index (χ1v) is 8.07. The molecule has 1 saturated heterocycles. The monoisotopic (exact) mass is 403 g/mol. The van der Waals surface area contributed by atoms with E-state index in [9.17, 15) is 27.2 Å². The maximum atomic E-state index is 14.0. The second-order valence-corrected chi connectivity index (χ2v) is 6.49. The van der Waals surface area contributed by atoms with Crippen LogP contribution in [0.25, 0.3) is 10.9 Å². The van der Waals surface area contributed by atoms with E-state index in [1.807, 2.05) is 6.92 Å². The third-order valence-corrected chi connectivity index (χ3v) is 4.07. The van der Waals surface area contributed by atoms with Gasteiger partial charge in [0.15, 0.2) is 0 Å². The number of nitrogens with one attached hydrogen (secondary N) is 3. The summed E-state index contributed by atoms with van der Waals surface area (Å²) in [6.07, 6.45) is -4.25. The number of pyridine rings is 1. The van der Waals surface area contributed by atoms with Crippen molar-refractivity contribution in [1.29, 1.82) is 0 Å². The normalized spacial score (nSPS) is 19.0. The first-order chi connectivity index (χ1) is 12.9. The quantitative estimate of drug-likeness (QED) is 0.572. The van der Waals surface area contributed by atoms with Gasteiger partial charge >= 0.3 is 12.1 Å². The SMILES string of the molecule is CC1(NC(=O)c2cc(F)c3[nH]c(=O)ccc3c2)CCNC1.O=C(O)C(F)(F)F. The number of carboxylic acids is 1. The molecule has 0 saturated carbocycles. The third kappa shape index (κ3) is 5.28. The molecule has 1 aromatic carbocycles. The number of rotatable bonds is 2. The number of halogens is 4. The number of carbonyl (C=O) groups excluding carboxylic acids is 1. The van der Waals surface area contributed by atoms with Crippen LogP contribution in [0.2, 0.25) is 0 Å². The van der Waals surface area contributed by atoms with Crippen LogP contribution in [0.4, 0.5) is 17.6 Å². The van der Waals surface area contributed by atoms with Gasteiger partial charge < -0.3 is 20.7 Å². The lowest BCUT2D eigenvalue weighted by Gasteiger charge is -2.24. The van der Waals surface area contributed by atoms with E-state index < -0.39 is 18.0 Å². The van der Waals surface area contributed by atoms with Crippen LogP contribution in [0, 0.1) is 5.82 Å². The zero-order valence-electron chi connectivity index (χ0n) is 14.6. The van der Waals surface area contributed by atoms with Gasteiger partial charge in [-0.1, -0.05) is 0 Å². The highest BCUT2D eigenvalue weighted by Gasteiger charge is 2.38. The fourth-order valence-corrected chi connectivity index (χ4v) is 2.62. The van der Waals surface area contributed by atoms with E-state index in [0.717, 1.165) is 19.0 Å². The molecule has 0 bridgehead atoms. The lowest BCUT2D eigenvalue weighted by Crippen LogP contribution is -2.47. The molecule has 2 aromatic rings. The van der Waals surface area contributed by atoms with Crippen molar-refractivity contribution in [2.24, 2.45) is 0 Å². The summed E-state index contributed by atoms with van der Waals surface area (Å²) in [5, 5.41) is 13.7. The molecule has 152 valence electrons.